The van der Waals surface area contributed by atoms with E-state index < -0.39 is 11.9 Å². The Morgan fingerprint density at radius 1 is 1.10 bits per heavy atom. The fraction of sp³-hybridized carbons (Fsp3) is 0.250. The van der Waals surface area contributed by atoms with Gasteiger partial charge >= 0.3 is 5.97 Å². The standard InChI is InChI=1S/C20H20Br2N2O6/c1-4-29-17-8-12(7-15(22)19(17)30-11-18(25)28-3)10-23-24-20(26)14-9-13(21)5-6-16(14)27-2/h5-10H,4,11H2,1-3H3,(H,24,26)/b23-10-. The highest BCUT2D eigenvalue weighted by atomic mass is 79.9. The summed E-state index contributed by atoms with van der Waals surface area (Å²) in [6.45, 7) is 1.96. The molecule has 0 spiro atoms. The number of halogens is 2. The Labute approximate surface area is 190 Å². The second kappa shape index (κ2) is 11.6. The lowest BCUT2D eigenvalue weighted by Gasteiger charge is -2.14. The number of benzene rings is 2. The van der Waals surface area contributed by atoms with E-state index >= 15 is 0 Å². The summed E-state index contributed by atoms with van der Waals surface area (Å²) in [5, 5.41) is 4.00. The molecule has 1 N–H and O–H groups in total. The second-order valence-corrected chi connectivity index (χ2v) is 7.44. The van der Waals surface area contributed by atoms with Crippen molar-refractivity contribution in [2.24, 2.45) is 5.10 Å². The number of hydrazone groups is 1. The molecule has 0 aromatic heterocycles. The van der Waals surface area contributed by atoms with Crippen molar-refractivity contribution in [2.75, 3.05) is 27.4 Å². The summed E-state index contributed by atoms with van der Waals surface area (Å²) >= 11 is 6.72. The van der Waals surface area contributed by atoms with E-state index in [0.29, 0.717) is 39.5 Å². The van der Waals surface area contributed by atoms with Crippen LogP contribution in [0.2, 0.25) is 0 Å². The monoisotopic (exact) mass is 542 g/mol. The quantitative estimate of drug-likeness (QED) is 0.292. The van der Waals surface area contributed by atoms with Crippen molar-refractivity contribution in [1.82, 2.24) is 5.43 Å². The number of carbonyl (C=O) groups excluding carboxylic acids is 2. The molecule has 0 unspecified atom stereocenters. The van der Waals surface area contributed by atoms with Crippen molar-refractivity contribution >= 4 is 50.0 Å². The SMILES string of the molecule is CCOc1cc(/C=N\NC(=O)c2cc(Br)ccc2OC)cc(Br)c1OCC(=O)OC. The number of rotatable bonds is 9. The molecule has 0 saturated heterocycles. The van der Waals surface area contributed by atoms with Crippen LogP contribution in [0.4, 0.5) is 0 Å². The highest BCUT2D eigenvalue weighted by molar-refractivity contribution is 9.10. The van der Waals surface area contributed by atoms with Crippen LogP contribution in [0.3, 0.4) is 0 Å². The van der Waals surface area contributed by atoms with Crippen molar-refractivity contribution in [2.45, 2.75) is 6.92 Å². The van der Waals surface area contributed by atoms with Crippen LogP contribution in [0, 0.1) is 0 Å². The second-order valence-electron chi connectivity index (χ2n) is 5.67. The molecule has 0 saturated carbocycles. The van der Waals surface area contributed by atoms with Gasteiger partial charge in [-0.3, -0.25) is 4.79 Å². The van der Waals surface area contributed by atoms with Crippen LogP contribution in [0.25, 0.3) is 0 Å². The molecule has 1 amide bonds. The van der Waals surface area contributed by atoms with Crippen LogP contribution in [-0.4, -0.2) is 45.5 Å². The molecule has 2 aromatic carbocycles. The molecular weight excluding hydrogens is 524 g/mol. The lowest BCUT2D eigenvalue weighted by Crippen LogP contribution is -2.18. The van der Waals surface area contributed by atoms with E-state index in [1.807, 2.05) is 6.92 Å². The molecule has 0 aliphatic heterocycles. The predicted octanol–water partition coefficient (Wildman–Crippen LogP) is 3.93. The van der Waals surface area contributed by atoms with E-state index in [1.54, 1.807) is 30.3 Å². The third kappa shape index (κ3) is 6.46. The van der Waals surface area contributed by atoms with Crippen molar-refractivity contribution in [3.63, 3.8) is 0 Å². The van der Waals surface area contributed by atoms with E-state index in [4.69, 9.17) is 14.2 Å². The molecule has 0 aliphatic rings. The summed E-state index contributed by atoms with van der Waals surface area (Å²) in [6.07, 6.45) is 1.46. The van der Waals surface area contributed by atoms with Gasteiger partial charge in [-0.25, -0.2) is 10.2 Å². The first-order valence-corrected chi connectivity index (χ1v) is 10.3. The van der Waals surface area contributed by atoms with Crippen molar-refractivity contribution in [3.8, 4) is 17.2 Å². The fourth-order valence-corrected chi connectivity index (χ4v) is 3.27. The van der Waals surface area contributed by atoms with Gasteiger partial charge in [0, 0.05) is 4.47 Å². The summed E-state index contributed by atoms with van der Waals surface area (Å²) in [5.74, 6) is 0.270. The van der Waals surface area contributed by atoms with Gasteiger partial charge in [-0.15, -0.1) is 0 Å². The van der Waals surface area contributed by atoms with E-state index in [2.05, 4.69) is 47.1 Å². The van der Waals surface area contributed by atoms with E-state index in [0.717, 1.165) is 4.47 Å². The summed E-state index contributed by atoms with van der Waals surface area (Å²) < 4.78 is 22.1. The minimum Gasteiger partial charge on any atom is -0.496 e. The topological polar surface area (TPSA) is 95.5 Å². The lowest BCUT2D eigenvalue weighted by molar-refractivity contribution is -0.142. The van der Waals surface area contributed by atoms with Crippen molar-refractivity contribution < 1.29 is 28.5 Å². The highest BCUT2D eigenvalue weighted by Gasteiger charge is 2.15. The maximum Gasteiger partial charge on any atom is 0.343 e. The van der Waals surface area contributed by atoms with Crippen LogP contribution in [-0.2, 0) is 9.53 Å². The number of hydrogen-bond acceptors (Lipinski definition) is 7. The fourth-order valence-electron chi connectivity index (χ4n) is 2.34. The minimum atomic E-state index is -0.513. The van der Waals surface area contributed by atoms with Gasteiger partial charge in [-0.05, 0) is 58.7 Å². The van der Waals surface area contributed by atoms with Crippen LogP contribution in [0.1, 0.15) is 22.8 Å². The number of nitrogens with one attached hydrogen (secondary N) is 1. The van der Waals surface area contributed by atoms with Gasteiger partial charge in [0.1, 0.15) is 5.75 Å². The average molecular weight is 544 g/mol. The molecule has 0 heterocycles. The zero-order valence-corrected chi connectivity index (χ0v) is 19.7. The van der Waals surface area contributed by atoms with Gasteiger partial charge in [0.2, 0.25) is 0 Å². The zero-order valence-electron chi connectivity index (χ0n) is 16.5. The van der Waals surface area contributed by atoms with Crippen molar-refractivity contribution in [1.29, 1.82) is 0 Å². The minimum absolute atomic E-state index is 0.257. The number of amides is 1. The normalized spacial score (nSPS) is 10.6. The molecule has 0 atom stereocenters. The molecule has 8 nitrogen and oxygen atoms in total. The van der Waals surface area contributed by atoms with Crippen LogP contribution >= 0.6 is 31.9 Å². The summed E-state index contributed by atoms with van der Waals surface area (Å²) in [7, 11) is 2.77. The van der Waals surface area contributed by atoms with Gasteiger partial charge in [0.05, 0.1) is 37.1 Å². The van der Waals surface area contributed by atoms with Gasteiger partial charge in [-0.1, -0.05) is 15.9 Å². The Balaban J connectivity index is 2.17. The third-order valence-electron chi connectivity index (χ3n) is 3.68. The molecule has 0 radical (unpaired) electrons. The third-order valence-corrected chi connectivity index (χ3v) is 4.76. The first-order chi connectivity index (χ1) is 14.4. The van der Waals surface area contributed by atoms with Gasteiger partial charge in [-0.2, -0.15) is 5.10 Å². The molecule has 0 fully saturated rings. The van der Waals surface area contributed by atoms with Gasteiger partial charge < -0.3 is 18.9 Å². The van der Waals surface area contributed by atoms with E-state index in [9.17, 15) is 9.59 Å². The Hall–Kier alpha value is -2.59. The summed E-state index contributed by atoms with van der Waals surface area (Å²) in [5.41, 5.74) is 3.44. The number of hydrogen-bond donors (Lipinski definition) is 1. The molecule has 2 rings (SSSR count). The Kier molecular flexibility index (Phi) is 9.13. The highest BCUT2D eigenvalue weighted by Crippen LogP contribution is 2.36. The molecule has 0 bridgehead atoms. The number of carbonyl (C=O) groups is 2. The first kappa shape index (κ1) is 23.7. The molecule has 2 aromatic rings. The number of nitrogens with zero attached hydrogens (tertiary/aromatic N) is 1. The zero-order chi connectivity index (χ0) is 22.1. The molecule has 10 heteroatoms. The number of methoxy groups -OCH3 is 2. The Morgan fingerprint density at radius 3 is 2.53 bits per heavy atom. The predicted molar refractivity (Wildman–Crippen MR) is 119 cm³/mol. The van der Waals surface area contributed by atoms with Crippen LogP contribution in [0.5, 0.6) is 17.2 Å². The van der Waals surface area contributed by atoms with Crippen molar-refractivity contribution in [3.05, 3.63) is 50.4 Å². The smallest absolute Gasteiger partial charge is 0.343 e. The molecule has 0 aliphatic carbocycles. The molecule has 160 valence electrons. The van der Waals surface area contributed by atoms with Gasteiger partial charge in [0.25, 0.3) is 5.91 Å². The summed E-state index contributed by atoms with van der Waals surface area (Å²) in [4.78, 5) is 23.8. The molecule has 30 heavy (non-hydrogen) atoms. The Morgan fingerprint density at radius 2 is 1.87 bits per heavy atom. The molecular formula is C20H20Br2N2O6. The maximum atomic E-state index is 12.4. The van der Waals surface area contributed by atoms with Gasteiger partial charge in [0.15, 0.2) is 18.1 Å². The van der Waals surface area contributed by atoms with Crippen LogP contribution < -0.4 is 19.6 Å². The summed E-state index contributed by atoms with van der Waals surface area (Å²) in [6, 6.07) is 8.48. The largest absolute Gasteiger partial charge is 0.496 e. The number of esters is 1. The first-order valence-electron chi connectivity index (χ1n) is 8.72. The maximum absolute atomic E-state index is 12.4. The average Bonchev–Trinajstić information content (AvgIpc) is 2.73. The Bertz CT molecular complexity index is 949. The van der Waals surface area contributed by atoms with E-state index in [1.165, 1.54) is 20.4 Å². The number of ether oxygens (including phenoxy) is 4. The lowest BCUT2D eigenvalue weighted by atomic mass is 10.2. The van der Waals surface area contributed by atoms with E-state index in [-0.39, 0.29) is 6.61 Å². The van der Waals surface area contributed by atoms with Crippen LogP contribution in [0.15, 0.2) is 44.4 Å².